The van der Waals surface area contributed by atoms with Gasteiger partial charge < -0.3 is 9.47 Å². The second-order valence-corrected chi connectivity index (χ2v) is 4.24. The third-order valence-corrected chi connectivity index (χ3v) is 3.51. The molecule has 3 rings (SSSR count). The van der Waals surface area contributed by atoms with Crippen LogP contribution >= 0.6 is 11.3 Å². The Morgan fingerprint density at radius 2 is 2.12 bits per heavy atom. The monoisotopic (exact) mass is 235 g/mol. The van der Waals surface area contributed by atoms with Gasteiger partial charge in [0.05, 0.1) is 24.4 Å². The largest absolute Gasteiger partial charge is 0.497 e. The Kier molecular flexibility index (Phi) is 1.97. The van der Waals surface area contributed by atoms with Crippen molar-refractivity contribution in [3.8, 4) is 11.5 Å². The molecule has 82 valence electrons. The van der Waals surface area contributed by atoms with Crippen molar-refractivity contribution in [1.82, 2.24) is 14.6 Å². The standard InChI is InChI=1S/C10H9N3O2S/c1-14-6-3-7-9(8(4-6)15-2)16-10-12-11-5-13(7)10/h3-5H,1-2H3. The van der Waals surface area contributed by atoms with Gasteiger partial charge in [0.15, 0.2) is 0 Å². The molecule has 0 atom stereocenters. The lowest BCUT2D eigenvalue weighted by Gasteiger charge is -2.04. The van der Waals surface area contributed by atoms with Gasteiger partial charge >= 0.3 is 0 Å². The summed E-state index contributed by atoms with van der Waals surface area (Å²) in [4.78, 5) is 0.849. The molecule has 16 heavy (non-hydrogen) atoms. The fourth-order valence-electron chi connectivity index (χ4n) is 1.66. The summed E-state index contributed by atoms with van der Waals surface area (Å²) in [7, 11) is 3.28. The lowest BCUT2D eigenvalue weighted by Crippen LogP contribution is -1.88. The minimum atomic E-state index is 0.762. The predicted molar refractivity (Wildman–Crippen MR) is 61.5 cm³/mol. The fraction of sp³-hybridized carbons (Fsp3) is 0.200. The summed E-state index contributed by atoms with van der Waals surface area (Å²) < 4.78 is 13.5. The number of nitrogens with zero attached hydrogens (tertiary/aromatic N) is 3. The number of hydrogen-bond acceptors (Lipinski definition) is 5. The second kappa shape index (κ2) is 3.34. The molecule has 0 N–H and O–H groups in total. The average molecular weight is 235 g/mol. The molecule has 1 aromatic carbocycles. The maximum absolute atomic E-state index is 5.34. The first-order chi connectivity index (χ1) is 7.83. The van der Waals surface area contributed by atoms with Gasteiger partial charge in [-0.1, -0.05) is 11.3 Å². The first-order valence-electron chi connectivity index (χ1n) is 4.67. The number of thiazole rings is 1. The molecular formula is C10H9N3O2S. The highest BCUT2D eigenvalue weighted by Gasteiger charge is 2.12. The molecule has 6 heteroatoms. The van der Waals surface area contributed by atoms with Gasteiger partial charge in [-0.05, 0) is 0 Å². The molecule has 0 fully saturated rings. The number of aromatic nitrogens is 3. The molecule has 0 saturated heterocycles. The number of ether oxygens (including phenoxy) is 2. The molecule has 3 aromatic rings. The van der Waals surface area contributed by atoms with E-state index in [1.165, 1.54) is 0 Å². The molecule has 0 aliphatic rings. The van der Waals surface area contributed by atoms with Crippen LogP contribution in [0, 0.1) is 0 Å². The minimum absolute atomic E-state index is 0.762. The van der Waals surface area contributed by atoms with Crippen LogP contribution in [0.2, 0.25) is 0 Å². The van der Waals surface area contributed by atoms with Gasteiger partial charge in [0.2, 0.25) is 4.96 Å². The third-order valence-electron chi connectivity index (χ3n) is 2.43. The van der Waals surface area contributed by atoms with Crippen LogP contribution in [0.5, 0.6) is 11.5 Å². The van der Waals surface area contributed by atoms with Crippen LogP contribution in [0.15, 0.2) is 18.5 Å². The van der Waals surface area contributed by atoms with E-state index < -0.39 is 0 Å². The van der Waals surface area contributed by atoms with E-state index in [1.807, 2.05) is 16.5 Å². The SMILES string of the molecule is COc1cc(OC)c2sc3nncn3c2c1. The van der Waals surface area contributed by atoms with Gasteiger partial charge in [0, 0.05) is 12.1 Å². The lowest BCUT2D eigenvalue weighted by molar-refractivity contribution is 0.398. The van der Waals surface area contributed by atoms with E-state index in [0.29, 0.717) is 0 Å². The van der Waals surface area contributed by atoms with Gasteiger partial charge in [-0.2, -0.15) is 0 Å². The van der Waals surface area contributed by atoms with Gasteiger partial charge in [0.1, 0.15) is 17.8 Å². The van der Waals surface area contributed by atoms with E-state index in [2.05, 4.69) is 10.2 Å². The van der Waals surface area contributed by atoms with Crippen molar-refractivity contribution in [2.24, 2.45) is 0 Å². The smallest absolute Gasteiger partial charge is 0.217 e. The Hall–Kier alpha value is -1.82. The maximum atomic E-state index is 5.34. The normalized spacial score (nSPS) is 11.1. The molecule has 2 aromatic heterocycles. The van der Waals surface area contributed by atoms with Crippen molar-refractivity contribution in [2.45, 2.75) is 0 Å². The van der Waals surface area contributed by atoms with Crippen molar-refractivity contribution in [3.05, 3.63) is 18.5 Å². The Bertz CT molecular complexity index is 658. The fourth-order valence-corrected chi connectivity index (χ4v) is 2.68. The highest BCUT2D eigenvalue weighted by molar-refractivity contribution is 7.23. The molecular weight excluding hydrogens is 226 g/mol. The maximum Gasteiger partial charge on any atom is 0.217 e. The van der Waals surface area contributed by atoms with Crippen LogP contribution < -0.4 is 9.47 Å². The number of fused-ring (bicyclic) bond motifs is 3. The number of benzene rings is 1. The molecule has 0 spiro atoms. The van der Waals surface area contributed by atoms with Crippen LogP contribution in [-0.2, 0) is 0 Å². The van der Waals surface area contributed by atoms with Gasteiger partial charge in [-0.15, -0.1) is 10.2 Å². The Morgan fingerprint density at radius 3 is 2.88 bits per heavy atom. The van der Waals surface area contributed by atoms with Crippen molar-refractivity contribution in [3.63, 3.8) is 0 Å². The van der Waals surface area contributed by atoms with Crippen molar-refractivity contribution < 1.29 is 9.47 Å². The average Bonchev–Trinajstić information content (AvgIpc) is 2.88. The highest BCUT2D eigenvalue weighted by atomic mass is 32.1. The van der Waals surface area contributed by atoms with E-state index in [9.17, 15) is 0 Å². The van der Waals surface area contributed by atoms with E-state index >= 15 is 0 Å². The van der Waals surface area contributed by atoms with E-state index in [1.54, 1.807) is 31.9 Å². The van der Waals surface area contributed by atoms with Crippen molar-refractivity contribution in [1.29, 1.82) is 0 Å². The molecule has 0 saturated carbocycles. The summed E-state index contributed by atoms with van der Waals surface area (Å²) in [6.07, 6.45) is 1.69. The Balaban J connectivity index is 2.46. The van der Waals surface area contributed by atoms with Gasteiger partial charge in [-0.25, -0.2) is 0 Å². The van der Waals surface area contributed by atoms with Gasteiger partial charge in [0.25, 0.3) is 0 Å². The summed E-state index contributed by atoms with van der Waals surface area (Å²) in [5.41, 5.74) is 1.00. The van der Waals surface area contributed by atoms with E-state index in [-0.39, 0.29) is 0 Å². The van der Waals surface area contributed by atoms with Crippen LogP contribution in [0.1, 0.15) is 0 Å². The Morgan fingerprint density at radius 1 is 1.25 bits per heavy atom. The summed E-state index contributed by atoms with van der Waals surface area (Å²) in [6.45, 7) is 0. The number of hydrogen-bond donors (Lipinski definition) is 0. The predicted octanol–water partition coefficient (Wildman–Crippen LogP) is 1.96. The van der Waals surface area contributed by atoms with Crippen LogP contribution in [-0.4, -0.2) is 28.8 Å². The van der Waals surface area contributed by atoms with Crippen LogP contribution in [0.3, 0.4) is 0 Å². The van der Waals surface area contributed by atoms with Crippen LogP contribution in [0.4, 0.5) is 0 Å². The van der Waals surface area contributed by atoms with Crippen molar-refractivity contribution >= 4 is 26.5 Å². The minimum Gasteiger partial charge on any atom is -0.497 e. The third kappa shape index (κ3) is 1.16. The molecule has 0 aliphatic carbocycles. The number of rotatable bonds is 2. The van der Waals surface area contributed by atoms with Gasteiger partial charge in [-0.3, -0.25) is 4.40 Å². The zero-order chi connectivity index (χ0) is 11.1. The van der Waals surface area contributed by atoms with E-state index in [4.69, 9.17) is 9.47 Å². The molecule has 0 aliphatic heterocycles. The topological polar surface area (TPSA) is 48.7 Å². The molecule has 0 unspecified atom stereocenters. The lowest BCUT2D eigenvalue weighted by atomic mass is 10.3. The second-order valence-electron chi connectivity index (χ2n) is 3.26. The highest BCUT2D eigenvalue weighted by Crippen LogP contribution is 2.36. The Labute approximate surface area is 95.2 Å². The summed E-state index contributed by atoms with van der Waals surface area (Å²) in [5, 5.41) is 7.89. The first kappa shape index (κ1) is 9.41. The summed E-state index contributed by atoms with van der Waals surface area (Å²) >= 11 is 1.55. The zero-order valence-electron chi connectivity index (χ0n) is 8.80. The quantitative estimate of drug-likeness (QED) is 0.681. The first-order valence-corrected chi connectivity index (χ1v) is 5.49. The van der Waals surface area contributed by atoms with E-state index in [0.717, 1.165) is 26.7 Å². The summed E-state index contributed by atoms with van der Waals surface area (Å²) in [5.74, 6) is 1.56. The van der Waals surface area contributed by atoms with Crippen molar-refractivity contribution in [2.75, 3.05) is 14.2 Å². The molecule has 0 bridgehead atoms. The molecule has 5 nitrogen and oxygen atoms in total. The molecule has 0 amide bonds. The molecule has 2 heterocycles. The molecule has 0 radical (unpaired) electrons. The van der Waals surface area contributed by atoms with Crippen LogP contribution in [0.25, 0.3) is 15.2 Å². The number of methoxy groups -OCH3 is 2. The summed E-state index contributed by atoms with van der Waals surface area (Å²) in [6, 6.07) is 3.82. The zero-order valence-corrected chi connectivity index (χ0v) is 9.61.